The maximum atomic E-state index is 13.8. The van der Waals surface area contributed by atoms with Crippen LogP contribution < -0.4 is 14.8 Å². The van der Waals surface area contributed by atoms with Gasteiger partial charge in [-0.25, -0.2) is 9.36 Å². The minimum atomic E-state index is -4.51. The second kappa shape index (κ2) is 17.0. The number of hydrogen-bond donors (Lipinski definition) is 2. The first kappa shape index (κ1) is 40.8. The van der Waals surface area contributed by atoms with Gasteiger partial charge in [0.25, 0.3) is 5.91 Å². The van der Waals surface area contributed by atoms with E-state index < -0.39 is 10.1 Å². The maximum absolute atomic E-state index is 13.8. The van der Waals surface area contributed by atoms with Crippen LogP contribution in [0.1, 0.15) is 70.6 Å². The zero-order valence-electron chi connectivity index (χ0n) is 30.4. The molecule has 19 heteroatoms. The third-order valence-electron chi connectivity index (χ3n) is 9.80. The molecule has 0 saturated heterocycles. The lowest BCUT2D eigenvalue weighted by atomic mass is 10.0. The highest BCUT2D eigenvalue weighted by atomic mass is 35.5. The summed E-state index contributed by atoms with van der Waals surface area (Å²) in [6.45, 7) is 1.02. The number of fused-ring (bicyclic) bond motifs is 6. The molecular formula is C39H33Cl4N5O7S3. The van der Waals surface area contributed by atoms with Crippen LogP contribution in [0.5, 0.6) is 11.5 Å². The summed E-state index contributed by atoms with van der Waals surface area (Å²) in [5, 5.41) is 16.1. The first-order chi connectivity index (χ1) is 27.9. The molecule has 0 fully saturated rings. The number of thiophene rings is 2. The van der Waals surface area contributed by atoms with Gasteiger partial charge in [-0.2, -0.15) is 18.6 Å². The van der Waals surface area contributed by atoms with Crippen LogP contribution in [0.4, 0.5) is 0 Å². The number of aromatic nitrogens is 4. The van der Waals surface area contributed by atoms with E-state index in [1.807, 2.05) is 11.4 Å². The van der Waals surface area contributed by atoms with Crippen molar-refractivity contribution in [2.24, 2.45) is 0 Å². The van der Waals surface area contributed by atoms with Gasteiger partial charge in [0.1, 0.15) is 17.2 Å². The lowest BCUT2D eigenvalue weighted by molar-refractivity contribution is 0.0943. The number of ketones is 1. The van der Waals surface area contributed by atoms with Gasteiger partial charge in [0, 0.05) is 53.0 Å². The van der Waals surface area contributed by atoms with Crippen LogP contribution in [0.15, 0.2) is 58.1 Å². The highest BCUT2D eigenvalue weighted by molar-refractivity contribution is 7.88. The molecule has 6 heterocycles. The van der Waals surface area contributed by atoms with Gasteiger partial charge in [-0.3, -0.25) is 14.1 Å². The van der Waals surface area contributed by atoms with Crippen LogP contribution in [0.25, 0.3) is 32.5 Å². The van der Waals surface area contributed by atoms with E-state index in [9.17, 15) is 22.6 Å². The van der Waals surface area contributed by atoms with E-state index in [1.165, 1.54) is 22.1 Å². The standard InChI is InChI=1S/C39H33Cl4N5O7S3/c40-21-7-9-27(25(42)18-21)47-35-24(12-15-54-30-13-17-56-37(30)35)34(46-47)39(50)44-14-5-3-1-2-4-6-29(49)33-23-11-16-55-31-20-32(58(51,52)53)57-38(31)36(23)48(45-33)28-10-8-22(41)19-26(28)43/h7-10,13,17-20H,1-6,11-12,14-16H2,(H,44,50)(H,51,52,53). The predicted octanol–water partition coefficient (Wildman–Crippen LogP) is 10.2. The number of halogens is 4. The lowest BCUT2D eigenvalue weighted by Crippen LogP contribution is -2.26. The maximum Gasteiger partial charge on any atom is 0.304 e. The Morgan fingerprint density at radius 1 is 0.759 bits per heavy atom. The van der Waals surface area contributed by atoms with E-state index in [0.29, 0.717) is 80.7 Å². The molecule has 8 rings (SSSR count). The largest absolute Gasteiger partial charge is 0.492 e. The van der Waals surface area contributed by atoms with Crippen molar-refractivity contribution in [2.45, 2.75) is 55.6 Å². The second-order valence-corrected chi connectivity index (χ2v) is 18.9. The van der Waals surface area contributed by atoms with Gasteiger partial charge in [0.2, 0.25) is 0 Å². The number of hydrogen-bond acceptors (Lipinski definition) is 10. The van der Waals surface area contributed by atoms with Gasteiger partial charge in [0.15, 0.2) is 15.7 Å². The molecule has 2 aliphatic heterocycles. The molecule has 6 aromatic rings. The van der Waals surface area contributed by atoms with Crippen molar-refractivity contribution in [3.05, 3.63) is 96.5 Å². The van der Waals surface area contributed by atoms with E-state index in [0.717, 1.165) is 58.9 Å². The zero-order valence-corrected chi connectivity index (χ0v) is 35.9. The molecule has 302 valence electrons. The molecular weight excluding hydrogens is 888 g/mol. The predicted molar refractivity (Wildman–Crippen MR) is 226 cm³/mol. The Bertz CT molecular complexity index is 2690. The number of carbonyl (C=O) groups is 2. The summed E-state index contributed by atoms with van der Waals surface area (Å²) in [7, 11) is -4.51. The highest BCUT2D eigenvalue weighted by Gasteiger charge is 2.33. The van der Waals surface area contributed by atoms with Crippen molar-refractivity contribution in [3.63, 3.8) is 0 Å². The van der Waals surface area contributed by atoms with Crippen molar-refractivity contribution < 1.29 is 32.0 Å². The van der Waals surface area contributed by atoms with E-state index in [4.69, 9.17) is 66.1 Å². The lowest BCUT2D eigenvalue weighted by Gasteiger charge is -2.09. The SMILES string of the molecule is O=C(CCCCCCCNC(=O)c1nn(-c2ccc(Cl)cc2Cl)c2c1CCOc1ccsc1-2)c1nn(-c2ccc(Cl)cc2Cl)c2c1CCOc1cc(S(=O)(=O)O)sc1-2. The van der Waals surface area contributed by atoms with Gasteiger partial charge in [0.05, 0.1) is 55.8 Å². The van der Waals surface area contributed by atoms with Gasteiger partial charge in [-0.1, -0.05) is 65.7 Å². The fraction of sp³-hybridized carbons (Fsp3) is 0.282. The van der Waals surface area contributed by atoms with Gasteiger partial charge >= 0.3 is 10.1 Å². The summed E-state index contributed by atoms with van der Waals surface area (Å²) < 4.78 is 48.7. The number of ether oxygens (including phenoxy) is 2. The van der Waals surface area contributed by atoms with Crippen molar-refractivity contribution in [2.75, 3.05) is 19.8 Å². The summed E-state index contributed by atoms with van der Waals surface area (Å²) in [6, 6.07) is 13.2. The summed E-state index contributed by atoms with van der Waals surface area (Å²) in [5.74, 6) is 0.551. The number of nitrogens with zero attached hydrogens (tertiary/aromatic N) is 4. The molecule has 0 atom stereocenters. The molecule has 0 radical (unpaired) electrons. The normalized spacial score (nSPS) is 13.3. The van der Waals surface area contributed by atoms with Crippen LogP contribution in [0.2, 0.25) is 20.1 Å². The van der Waals surface area contributed by atoms with E-state index >= 15 is 0 Å². The van der Waals surface area contributed by atoms with Gasteiger partial charge in [-0.05, 0) is 60.7 Å². The summed E-state index contributed by atoms with van der Waals surface area (Å²) >= 11 is 27.9. The minimum Gasteiger partial charge on any atom is -0.492 e. The van der Waals surface area contributed by atoms with Gasteiger partial charge in [-0.15, -0.1) is 22.7 Å². The van der Waals surface area contributed by atoms with Crippen LogP contribution in [-0.4, -0.2) is 64.0 Å². The van der Waals surface area contributed by atoms with Crippen molar-refractivity contribution in [3.8, 4) is 44.0 Å². The van der Waals surface area contributed by atoms with Crippen molar-refractivity contribution in [1.82, 2.24) is 24.9 Å². The number of carbonyl (C=O) groups excluding carboxylic acids is 2. The Hall–Kier alpha value is -3.93. The van der Waals surface area contributed by atoms with Crippen LogP contribution in [-0.2, 0) is 23.0 Å². The Labute approximate surface area is 361 Å². The van der Waals surface area contributed by atoms with E-state index in [2.05, 4.69) is 5.32 Å². The molecule has 4 aromatic heterocycles. The molecule has 0 aliphatic carbocycles. The molecule has 58 heavy (non-hydrogen) atoms. The van der Waals surface area contributed by atoms with Crippen LogP contribution >= 0.6 is 69.1 Å². The first-order valence-electron chi connectivity index (χ1n) is 18.3. The number of Topliss-reactive ketones (excluding diaryl/α,β-unsaturated/α-hetero) is 1. The summed E-state index contributed by atoms with van der Waals surface area (Å²) in [6.07, 6.45) is 4.90. The number of nitrogens with one attached hydrogen (secondary N) is 1. The van der Waals surface area contributed by atoms with Crippen molar-refractivity contribution >= 4 is 90.9 Å². The second-order valence-electron chi connectivity index (χ2n) is 13.6. The van der Waals surface area contributed by atoms with Crippen molar-refractivity contribution in [1.29, 1.82) is 0 Å². The molecule has 0 spiro atoms. The molecule has 1 amide bonds. The molecule has 2 N–H and O–H groups in total. The Morgan fingerprint density at radius 3 is 2.00 bits per heavy atom. The summed E-state index contributed by atoms with van der Waals surface area (Å²) in [5.41, 5.74) is 4.28. The molecule has 0 bridgehead atoms. The number of rotatable bonds is 13. The Kier molecular flexibility index (Phi) is 11.9. The number of amides is 1. The topological polar surface area (TPSA) is 155 Å². The zero-order chi connectivity index (χ0) is 40.7. The molecule has 12 nitrogen and oxygen atoms in total. The number of benzene rings is 2. The first-order valence-corrected chi connectivity index (χ1v) is 22.9. The van der Waals surface area contributed by atoms with E-state index in [-0.39, 0.29) is 45.4 Å². The quantitative estimate of drug-likeness (QED) is 0.0654. The molecule has 2 aliphatic rings. The number of unbranched alkanes of at least 4 members (excludes halogenated alkanes) is 4. The van der Waals surface area contributed by atoms with E-state index in [1.54, 1.807) is 41.1 Å². The van der Waals surface area contributed by atoms with Gasteiger partial charge < -0.3 is 14.8 Å². The molecule has 0 unspecified atom stereocenters. The Morgan fingerprint density at radius 2 is 1.34 bits per heavy atom. The summed E-state index contributed by atoms with van der Waals surface area (Å²) in [4.78, 5) is 28.6. The monoisotopic (exact) mass is 919 g/mol. The fourth-order valence-electron chi connectivity index (χ4n) is 7.11. The van der Waals surface area contributed by atoms with Crippen LogP contribution in [0, 0.1) is 0 Å². The minimum absolute atomic E-state index is 0.166. The molecule has 0 saturated carbocycles. The van der Waals surface area contributed by atoms with Crippen LogP contribution in [0.3, 0.4) is 0 Å². The third kappa shape index (κ3) is 8.15. The fourth-order valence-corrected chi connectivity index (χ4v) is 10.8. The molecule has 2 aromatic carbocycles. The average Bonchev–Trinajstić information content (AvgIpc) is 3.94. The average molecular weight is 922 g/mol. The Balaban J connectivity index is 0.904. The third-order valence-corrected chi connectivity index (χ3v) is 14.2. The smallest absolute Gasteiger partial charge is 0.304 e. The highest BCUT2D eigenvalue weighted by Crippen LogP contribution is 2.46.